The van der Waals surface area contributed by atoms with Crippen LogP contribution in [0.5, 0.6) is 11.5 Å². The minimum Gasteiger partial charge on any atom is -0.453 e. The van der Waals surface area contributed by atoms with Gasteiger partial charge in [-0.25, -0.2) is 10.1 Å². The number of hydrogen-bond acceptors (Lipinski definition) is 4. The third-order valence-electron chi connectivity index (χ3n) is 3.14. The van der Waals surface area contributed by atoms with Crippen LogP contribution in [-0.2, 0) is 10.2 Å². The third kappa shape index (κ3) is 2.77. The van der Waals surface area contributed by atoms with Crippen LogP contribution in [-0.4, -0.2) is 25.3 Å². The zero-order valence-electron chi connectivity index (χ0n) is 12.5. The fourth-order valence-electron chi connectivity index (χ4n) is 1.89. The Hall–Kier alpha value is -2.12. The number of halogens is 3. The molecule has 0 saturated carbocycles. The van der Waals surface area contributed by atoms with Crippen molar-refractivity contribution in [3.8, 4) is 11.5 Å². The van der Waals surface area contributed by atoms with E-state index in [-0.39, 0.29) is 16.9 Å². The summed E-state index contributed by atoms with van der Waals surface area (Å²) in [6.45, 7) is 5.73. The van der Waals surface area contributed by atoms with E-state index in [1.165, 1.54) is 12.1 Å². The largest absolute Gasteiger partial charge is 0.492 e. The van der Waals surface area contributed by atoms with Gasteiger partial charge in [0.15, 0.2) is 11.5 Å². The van der Waals surface area contributed by atoms with Gasteiger partial charge in [-0.2, -0.15) is 13.2 Å². The molecule has 0 unspecified atom stereocenters. The number of ether oxygens (including phenoxy) is 3. The van der Waals surface area contributed by atoms with Crippen molar-refractivity contribution in [2.45, 2.75) is 38.3 Å². The second kappa shape index (κ2) is 4.96. The molecule has 1 N–H and O–H groups in total. The lowest BCUT2D eigenvalue weighted by atomic mass is 9.87. The number of methoxy groups -OCH3 is 1. The first-order valence-electron chi connectivity index (χ1n) is 6.44. The number of alkyl carbamates (subject to hydrolysis) is 1. The first-order valence-corrected chi connectivity index (χ1v) is 6.44. The minimum atomic E-state index is -5.00. The first-order chi connectivity index (χ1) is 9.98. The number of rotatable bonds is 1. The third-order valence-corrected chi connectivity index (χ3v) is 3.14. The highest BCUT2D eigenvalue weighted by molar-refractivity contribution is 5.68. The second-order valence-electron chi connectivity index (χ2n) is 5.85. The highest BCUT2D eigenvalue weighted by Gasteiger charge is 2.66. The smallest absolute Gasteiger partial charge is 0.453 e. The van der Waals surface area contributed by atoms with Gasteiger partial charge >= 0.3 is 18.2 Å². The lowest BCUT2D eigenvalue weighted by Gasteiger charge is -2.28. The summed E-state index contributed by atoms with van der Waals surface area (Å²) in [6.07, 6.45) is -6.32. The summed E-state index contributed by atoms with van der Waals surface area (Å²) >= 11 is 0. The molecule has 0 bridgehead atoms. The molecule has 1 aliphatic rings. The van der Waals surface area contributed by atoms with E-state index >= 15 is 0 Å². The maximum atomic E-state index is 13.3. The highest BCUT2D eigenvalue weighted by atomic mass is 19.4. The zero-order valence-corrected chi connectivity index (χ0v) is 12.5. The molecule has 1 aromatic rings. The van der Waals surface area contributed by atoms with E-state index in [1.807, 2.05) is 20.8 Å². The number of fused-ring (bicyclic) bond motifs is 1. The predicted octanol–water partition coefficient (Wildman–Crippen LogP) is 3.33. The average molecular weight is 319 g/mol. The van der Waals surface area contributed by atoms with Crippen LogP contribution in [0.15, 0.2) is 18.2 Å². The number of alkyl halides is 3. The highest BCUT2D eigenvalue weighted by Crippen LogP contribution is 2.46. The summed E-state index contributed by atoms with van der Waals surface area (Å²) < 4.78 is 53.8. The van der Waals surface area contributed by atoms with Crippen LogP contribution in [0, 0.1) is 0 Å². The average Bonchev–Trinajstić information content (AvgIpc) is 2.75. The molecule has 0 aliphatic carbocycles. The topological polar surface area (TPSA) is 56.8 Å². The van der Waals surface area contributed by atoms with E-state index in [4.69, 9.17) is 9.47 Å². The van der Waals surface area contributed by atoms with Crippen molar-refractivity contribution in [1.29, 1.82) is 0 Å². The molecule has 1 atom stereocenters. The van der Waals surface area contributed by atoms with Crippen LogP contribution in [0.3, 0.4) is 0 Å². The number of carbonyl (C=O) groups excluding carboxylic acids is 1. The maximum Gasteiger partial charge on any atom is 0.492 e. The van der Waals surface area contributed by atoms with Crippen LogP contribution in [0.25, 0.3) is 0 Å². The SMILES string of the molecule is COC(=O)N[C@]1(C(F)(F)F)Oc2ccc(C(C)(C)C)cc2O1. The molecule has 1 amide bonds. The van der Waals surface area contributed by atoms with Crippen molar-refractivity contribution in [3.05, 3.63) is 23.8 Å². The number of nitrogens with one attached hydrogen (secondary N) is 1. The van der Waals surface area contributed by atoms with Crippen molar-refractivity contribution >= 4 is 6.09 Å². The molecule has 1 heterocycles. The molecule has 2 rings (SSSR count). The predicted molar refractivity (Wildman–Crippen MR) is 70.7 cm³/mol. The molecule has 1 aliphatic heterocycles. The minimum absolute atomic E-state index is 0.0962. The van der Waals surface area contributed by atoms with Crippen molar-refractivity contribution in [2.75, 3.05) is 7.11 Å². The van der Waals surface area contributed by atoms with Crippen LogP contribution in [0.1, 0.15) is 26.3 Å². The molecular weight excluding hydrogens is 303 g/mol. The van der Waals surface area contributed by atoms with Gasteiger partial charge in [-0.1, -0.05) is 26.8 Å². The summed E-state index contributed by atoms with van der Waals surface area (Å²) in [5, 5.41) is 1.56. The van der Waals surface area contributed by atoms with E-state index in [9.17, 15) is 18.0 Å². The summed E-state index contributed by atoms with van der Waals surface area (Å²) in [5.41, 5.74) is 0.489. The Kier molecular flexibility index (Phi) is 3.67. The van der Waals surface area contributed by atoms with Crippen molar-refractivity contribution in [2.24, 2.45) is 0 Å². The fourth-order valence-corrected chi connectivity index (χ4v) is 1.89. The van der Waals surface area contributed by atoms with Crippen molar-refractivity contribution < 1.29 is 32.2 Å². The summed E-state index contributed by atoms with van der Waals surface area (Å²) in [5.74, 6) is -3.50. The second-order valence-corrected chi connectivity index (χ2v) is 5.85. The Labute approximate surface area is 125 Å². The number of hydrogen-bond donors (Lipinski definition) is 1. The van der Waals surface area contributed by atoms with Gasteiger partial charge in [0.1, 0.15) is 0 Å². The van der Waals surface area contributed by atoms with E-state index < -0.39 is 18.2 Å². The molecule has 0 spiro atoms. The Balaban J connectivity index is 2.40. The molecule has 22 heavy (non-hydrogen) atoms. The number of amides is 1. The monoisotopic (exact) mass is 319 g/mol. The Bertz CT molecular complexity index is 595. The Morgan fingerprint density at radius 3 is 2.27 bits per heavy atom. The van der Waals surface area contributed by atoms with Gasteiger partial charge in [0.25, 0.3) is 0 Å². The van der Waals surface area contributed by atoms with E-state index in [0.717, 1.165) is 12.7 Å². The summed E-state index contributed by atoms with van der Waals surface area (Å²) in [4.78, 5) is 11.2. The molecule has 0 radical (unpaired) electrons. The lowest BCUT2D eigenvalue weighted by molar-refractivity contribution is -0.318. The number of carbonyl (C=O) groups is 1. The quantitative estimate of drug-likeness (QED) is 0.862. The standard InChI is InChI=1S/C14H16F3NO4/c1-12(2,3)8-5-6-9-10(7-8)22-14(21-9,13(15,16)17)18-11(19)20-4/h5-7H,1-4H3,(H,18,19)/t14-/m1/s1. The molecule has 1 aromatic carbocycles. The molecule has 0 saturated heterocycles. The van der Waals surface area contributed by atoms with Crippen LogP contribution < -0.4 is 14.8 Å². The van der Waals surface area contributed by atoms with Crippen LogP contribution in [0.2, 0.25) is 0 Å². The van der Waals surface area contributed by atoms with Gasteiger partial charge in [-0.05, 0) is 23.1 Å². The van der Waals surface area contributed by atoms with E-state index in [0.29, 0.717) is 0 Å². The normalized spacial score (nSPS) is 20.7. The van der Waals surface area contributed by atoms with Gasteiger partial charge in [0, 0.05) is 0 Å². The molecular formula is C14H16F3NO4. The van der Waals surface area contributed by atoms with E-state index in [2.05, 4.69) is 4.74 Å². The van der Waals surface area contributed by atoms with Crippen molar-refractivity contribution in [3.63, 3.8) is 0 Å². The van der Waals surface area contributed by atoms with Crippen LogP contribution in [0.4, 0.5) is 18.0 Å². The first kappa shape index (κ1) is 16.3. The molecule has 0 aromatic heterocycles. The van der Waals surface area contributed by atoms with Gasteiger partial charge in [-0.15, -0.1) is 0 Å². The molecule has 8 heteroatoms. The van der Waals surface area contributed by atoms with E-state index in [1.54, 1.807) is 11.4 Å². The summed E-state index contributed by atoms with van der Waals surface area (Å²) in [6, 6.07) is 4.48. The van der Waals surface area contributed by atoms with Gasteiger partial charge < -0.3 is 14.2 Å². The Morgan fingerprint density at radius 2 is 1.77 bits per heavy atom. The summed E-state index contributed by atoms with van der Waals surface area (Å²) in [7, 11) is 0.944. The zero-order chi connectivity index (χ0) is 16.8. The molecule has 0 fully saturated rings. The van der Waals surface area contributed by atoms with Crippen LogP contribution >= 0.6 is 0 Å². The van der Waals surface area contributed by atoms with Gasteiger partial charge in [-0.3, -0.25) is 0 Å². The Morgan fingerprint density at radius 1 is 1.18 bits per heavy atom. The van der Waals surface area contributed by atoms with Crippen molar-refractivity contribution in [1.82, 2.24) is 5.32 Å². The lowest BCUT2D eigenvalue weighted by Crippen LogP contribution is -2.64. The maximum absolute atomic E-state index is 13.3. The molecule has 122 valence electrons. The van der Waals surface area contributed by atoms with Gasteiger partial charge in [0.05, 0.1) is 7.11 Å². The number of benzene rings is 1. The fraction of sp³-hybridized carbons (Fsp3) is 0.500. The molecule has 5 nitrogen and oxygen atoms in total. The van der Waals surface area contributed by atoms with Gasteiger partial charge in [0.2, 0.25) is 0 Å².